The highest BCUT2D eigenvalue weighted by molar-refractivity contribution is 5.78. The van der Waals surface area contributed by atoms with E-state index in [2.05, 4.69) is 0 Å². The molecule has 4 nitrogen and oxygen atoms in total. The van der Waals surface area contributed by atoms with E-state index in [1.807, 2.05) is 30.0 Å². The van der Waals surface area contributed by atoms with E-state index >= 15 is 0 Å². The number of nitrogens with zero attached hydrogens (tertiary/aromatic N) is 1. The van der Waals surface area contributed by atoms with Gasteiger partial charge in [0, 0.05) is 18.7 Å². The lowest BCUT2D eigenvalue weighted by molar-refractivity contribution is -0.134. The molecular formula is C15H21NO3. The molecule has 0 aromatic heterocycles. The van der Waals surface area contributed by atoms with Crippen LogP contribution in [-0.4, -0.2) is 35.6 Å². The zero-order chi connectivity index (χ0) is 13.7. The van der Waals surface area contributed by atoms with Crippen molar-refractivity contribution in [3.05, 3.63) is 29.3 Å². The first kappa shape index (κ1) is 13.9. The highest BCUT2D eigenvalue weighted by Crippen LogP contribution is 2.23. The fourth-order valence-electron chi connectivity index (χ4n) is 2.41. The third-order valence-electron chi connectivity index (χ3n) is 3.51. The smallest absolute Gasteiger partial charge is 0.260 e. The summed E-state index contributed by atoms with van der Waals surface area (Å²) in [6.07, 6.45) is 3.37. The third kappa shape index (κ3) is 3.47. The molecule has 0 radical (unpaired) electrons. The summed E-state index contributed by atoms with van der Waals surface area (Å²) in [5.74, 6) is 0.669. The quantitative estimate of drug-likeness (QED) is 0.902. The molecule has 1 aliphatic rings. The van der Waals surface area contributed by atoms with Crippen LogP contribution in [0.5, 0.6) is 5.75 Å². The summed E-state index contributed by atoms with van der Waals surface area (Å²) in [4.78, 5) is 13.9. The summed E-state index contributed by atoms with van der Waals surface area (Å²) in [5, 5.41) is 9.28. The molecule has 0 saturated carbocycles. The monoisotopic (exact) mass is 263 g/mol. The minimum atomic E-state index is -0.0745. The summed E-state index contributed by atoms with van der Waals surface area (Å²) in [7, 11) is 0. The maximum Gasteiger partial charge on any atom is 0.260 e. The number of benzene rings is 1. The summed E-state index contributed by atoms with van der Waals surface area (Å²) < 4.78 is 5.62. The number of aryl methyl sites for hydroxylation is 1. The maximum absolute atomic E-state index is 12.0. The van der Waals surface area contributed by atoms with Crippen LogP contribution in [0.4, 0.5) is 0 Å². The van der Waals surface area contributed by atoms with E-state index in [9.17, 15) is 9.90 Å². The number of likely N-dealkylation sites (tertiary alicyclic amines) is 1. The number of carbonyl (C=O) groups excluding carboxylic acids is 1. The van der Waals surface area contributed by atoms with E-state index < -0.39 is 0 Å². The third-order valence-corrected chi connectivity index (χ3v) is 3.51. The van der Waals surface area contributed by atoms with Gasteiger partial charge in [-0.2, -0.15) is 0 Å². The van der Waals surface area contributed by atoms with E-state index in [1.165, 1.54) is 6.42 Å². The second kappa shape index (κ2) is 6.57. The van der Waals surface area contributed by atoms with Gasteiger partial charge in [-0.15, -0.1) is 0 Å². The van der Waals surface area contributed by atoms with Crippen LogP contribution in [0.3, 0.4) is 0 Å². The van der Waals surface area contributed by atoms with Crippen molar-refractivity contribution in [3.8, 4) is 5.75 Å². The lowest BCUT2D eigenvalue weighted by Gasteiger charge is -2.26. The fourth-order valence-corrected chi connectivity index (χ4v) is 2.41. The number of rotatable bonds is 4. The Balaban J connectivity index is 1.96. The molecule has 1 aromatic rings. The van der Waals surface area contributed by atoms with E-state index in [4.69, 9.17) is 4.74 Å². The predicted molar refractivity (Wildman–Crippen MR) is 73.0 cm³/mol. The number of piperidine rings is 1. The van der Waals surface area contributed by atoms with Crippen LogP contribution in [-0.2, 0) is 11.4 Å². The number of hydrogen-bond donors (Lipinski definition) is 1. The van der Waals surface area contributed by atoms with Crippen molar-refractivity contribution in [1.29, 1.82) is 0 Å². The summed E-state index contributed by atoms with van der Waals surface area (Å²) >= 11 is 0. The van der Waals surface area contributed by atoms with Crippen molar-refractivity contribution >= 4 is 5.91 Å². The van der Waals surface area contributed by atoms with Crippen LogP contribution >= 0.6 is 0 Å². The standard InChI is InChI=1S/C15H21NO3/c1-12-6-5-7-13(10-17)15(12)19-11-14(18)16-8-3-2-4-9-16/h5-7,17H,2-4,8-11H2,1H3. The van der Waals surface area contributed by atoms with Gasteiger partial charge < -0.3 is 14.7 Å². The molecular weight excluding hydrogens is 242 g/mol. The molecule has 1 aliphatic heterocycles. The van der Waals surface area contributed by atoms with Gasteiger partial charge in [-0.1, -0.05) is 18.2 Å². The zero-order valence-corrected chi connectivity index (χ0v) is 11.4. The first-order valence-corrected chi connectivity index (χ1v) is 6.82. The van der Waals surface area contributed by atoms with Gasteiger partial charge in [-0.05, 0) is 31.7 Å². The minimum absolute atomic E-state index is 0.0341. The molecule has 1 saturated heterocycles. The lowest BCUT2D eigenvalue weighted by atomic mass is 10.1. The van der Waals surface area contributed by atoms with Gasteiger partial charge in [0.2, 0.25) is 0 Å². The van der Waals surface area contributed by atoms with Crippen LogP contribution in [0.25, 0.3) is 0 Å². The SMILES string of the molecule is Cc1cccc(CO)c1OCC(=O)N1CCCCC1. The second-order valence-corrected chi connectivity index (χ2v) is 4.95. The average Bonchev–Trinajstić information content (AvgIpc) is 2.46. The van der Waals surface area contributed by atoms with E-state index in [0.29, 0.717) is 5.75 Å². The normalized spacial score (nSPS) is 15.4. The van der Waals surface area contributed by atoms with Crippen molar-refractivity contribution in [2.75, 3.05) is 19.7 Å². The number of aliphatic hydroxyl groups excluding tert-OH is 1. The largest absolute Gasteiger partial charge is 0.483 e. The molecule has 0 unspecified atom stereocenters. The number of ether oxygens (including phenoxy) is 1. The predicted octanol–water partition coefficient (Wildman–Crippen LogP) is 1.88. The Bertz CT molecular complexity index is 439. The van der Waals surface area contributed by atoms with Crippen LogP contribution in [0.2, 0.25) is 0 Å². The van der Waals surface area contributed by atoms with Gasteiger partial charge in [-0.25, -0.2) is 0 Å². The Morgan fingerprint density at radius 2 is 2.05 bits per heavy atom. The molecule has 0 spiro atoms. The molecule has 1 fully saturated rings. The molecule has 2 rings (SSSR count). The molecule has 1 amide bonds. The van der Waals surface area contributed by atoms with Gasteiger partial charge in [0.1, 0.15) is 5.75 Å². The molecule has 0 bridgehead atoms. The topological polar surface area (TPSA) is 49.8 Å². The van der Waals surface area contributed by atoms with Gasteiger partial charge in [0.05, 0.1) is 6.61 Å². The Morgan fingerprint density at radius 3 is 2.74 bits per heavy atom. The molecule has 1 heterocycles. The Morgan fingerprint density at radius 1 is 1.32 bits per heavy atom. The van der Waals surface area contributed by atoms with Crippen molar-refractivity contribution in [1.82, 2.24) is 4.90 Å². The molecule has 1 N–H and O–H groups in total. The molecule has 0 atom stereocenters. The molecule has 104 valence electrons. The van der Waals surface area contributed by atoms with Crippen LogP contribution < -0.4 is 4.74 Å². The molecule has 19 heavy (non-hydrogen) atoms. The van der Waals surface area contributed by atoms with Crippen molar-refractivity contribution in [2.24, 2.45) is 0 Å². The van der Waals surface area contributed by atoms with E-state index in [1.54, 1.807) is 0 Å². The van der Waals surface area contributed by atoms with Gasteiger partial charge in [0.25, 0.3) is 5.91 Å². The van der Waals surface area contributed by atoms with E-state index in [-0.39, 0.29) is 19.1 Å². The number of amides is 1. The summed E-state index contributed by atoms with van der Waals surface area (Å²) in [5.41, 5.74) is 1.67. The zero-order valence-electron chi connectivity index (χ0n) is 11.4. The van der Waals surface area contributed by atoms with Crippen molar-refractivity contribution in [2.45, 2.75) is 32.8 Å². The fraction of sp³-hybridized carbons (Fsp3) is 0.533. The number of carbonyl (C=O) groups is 1. The minimum Gasteiger partial charge on any atom is -0.483 e. The molecule has 0 aliphatic carbocycles. The van der Waals surface area contributed by atoms with Crippen LogP contribution in [0, 0.1) is 6.92 Å². The summed E-state index contributed by atoms with van der Waals surface area (Å²) in [6.45, 7) is 3.57. The highest BCUT2D eigenvalue weighted by Gasteiger charge is 2.17. The van der Waals surface area contributed by atoms with Crippen LogP contribution in [0.1, 0.15) is 30.4 Å². The Kier molecular flexibility index (Phi) is 4.80. The number of hydrogen-bond acceptors (Lipinski definition) is 3. The van der Waals surface area contributed by atoms with Crippen molar-refractivity contribution in [3.63, 3.8) is 0 Å². The highest BCUT2D eigenvalue weighted by atomic mass is 16.5. The van der Waals surface area contributed by atoms with Crippen LogP contribution in [0.15, 0.2) is 18.2 Å². The maximum atomic E-state index is 12.0. The first-order chi connectivity index (χ1) is 9.22. The van der Waals surface area contributed by atoms with Crippen molar-refractivity contribution < 1.29 is 14.6 Å². The van der Waals surface area contributed by atoms with Gasteiger partial charge in [-0.3, -0.25) is 4.79 Å². The number of para-hydroxylation sites is 1. The lowest BCUT2D eigenvalue weighted by Crippen LogP contribution is -2.38. The Hall–Kier alpha value is -1.55. The van der Waals surface area contributed by atoms with Gasteiger partial charge in [0.15, 0.2) is 6.61 Å². The average molecular weight is 263 g/mol. The molecule has 4 heteroatoms. The molecule has 1 aromatic carbocycles. The first-order valence-electron chi connectivity index (χ1n) is 6.82. The number of aliphatic hydroxyl groups is 1. The van der Waals surface area contributed by atoms with Gasteiger partial charge >= 0.3 is 0 Å². The van der Waals surface area contributed by atoms with E-state index in [0.717, 1.165) is 37.1 Å². The summed E-state index contributed by atoms with van der Waals surface area (Å²) in [6, 6.07) is 5.60. The Labute approximate surface area is 114 Å². The second-order valence-electron chi connectivity index (χ2n) is 4.95.